The molecule has 2 aliphatic rings. The van der Waals surface area contributed by atoms with Crippen molar-refractivity contribution in [3.05, 3.63) is 29.3 Å². The molecule has 27 heavy (non-hydrogen) atoms. The van der Waals surface area contributed by atoms with Crippen LogP contribution in [0.1, 0.15) is 63.0 Å². The molecule has 1 aromatic rings. The van der Waals surface area contributed by atoms with Crippen LogP contribution < -0.4 is 5.32 Å². The number of carbonyl (C=O) groups excluding carboxylic acids is 3. The average Bonchev–Trinajstić information content (AvgIpc) is 2.61. The first-order valence-electron chi connectivity index (χ1n) is 9.96. The second kappa shape index (κ2) is 8.24. The molecular formula is C22H29NO4. The molecule has 1 unspecified atom stereocenters. The Hall–Kier alpha value is -2.17. The van der Waals surface area contributed by atoms with Gasteiger partial charge in [0.25, 0.3) is 5.91 Å². The lowest BCUT2D eigenvalue weighted by atomic mass is 9.67. The standard InChI is InChI=1S/C22H29NO4/c1-13(2)18-9-4-6-14(3)20(18)23-19(24)12-27-22(26)17-10-15-7-5-8-16(11-17)21(15)25/h4,6,9,13,15-17H,5,7-8,10-12H2,1-3H3,(H,23,24)/t15-,16+,17?. The van der Waals surface area contributed by atoms with Crippen molar-refractivity contribution in [3.8, 4) is 0 Å². The summed E-state index contributed by atoms with van der Waals surface area (Å²) < 4.78 is 5.29. The SMILES string of the molecule is Cc1cccc(C(C)C)c1NC(=O)COC(=O)C1C[C@H]2CCC[C@@H](C1)C2=O. The second-order valence-electron chi connectivity index (χ2n) is 8.25. The van der Waals surface area contributed by atoms with Gasteiger partial charge < -0.3 is 10.1 Å². The predicted molar refractivity (Wildman–Crippen MR) is 103 cm³/mol. The molecule has 5 heteroatoms. The maximum absolute atomic E-state index is 12.4. The first-order chi connectivity index (χ1) is 12.9. The van der Waals surface area contributed by atoms with Gasteiger partial charge in [0.05, 0.1) is 5.92 Å². The van der Waals surface area contributed by atoms with Crippen molar-refractivity contribution >= 4 is 23.3 Å². The van der Waals surface area contributed by atoms with E-state index >= 15 is 0 Å². The van der Waals surface area contributed by atoms with E-state index in [4.69, 9.17) is 4.74 Å². The van der Waals surface area contributed by atoms with Crippen LogP contribution in [0, 0.1) is 24.7 Å². The number of esters is 1. The quantitative estimate of drug-likeness (QED) is 0.794. The molecule has 1 aromatic carbocycles. The van der Waals surface area contributed by atoms with Crippen LogP contribution in [0.15, 0.2) is 18.2 Å². The number of aryl methyl sites for hydroxylation is 1. The lowest BCUT2D eigenvalue weighted by Crippen LogP contribution is -2.40. The van der Waals surface area contributed by atoms with Crippen LogP contribution in [0.3, 0.4) is 0 Å². The van der Waals surface area contributed by atoms with E-state index < -0.39 is 0 Å². The third kappa shape index (κ3) is 4.40. The molecule has 2 fully saturated rings. The summed E-state index contributed by atoms with van der Waals surface area (Å²) in [6, 6.07) is 5.92. The second-order valence-corrected chi connectivity index (χ2v) is 8.25. The Morgan fingerprint density at radius 3 is 2.48 bits per heavy atom. The number of para-hydroxylation sites is 1. The number of carbonyl (C=O) groups is 3. The fraction of sp³-hybridized carbons (Fsp3) is 0.591. The number of benzene rings is 1. The first-order valence-corrected chi connectivity index (χ1v) is 9.96. The van der Waals surface area contributed by atoms with Crippen LogP contribution in [-0.4, -0.2) is 24.3 Å². The first kappa shape index (κ1) is 19.6. The van der Waals surface area contributed by atoms with Crippen LogP contribution >= 0.6 is 0 Å². The Bertz CT molecular complexity index is 724. The van der Waals surface area contributed by atoms with Crippen LogP contribution in [0.2, 0.25) is 0 Å². The molecule has 3 atom stereocenters. The zero-order valence-corrected chi connectivity index (χ0v) is 16.4. The average molecular weight is 371 g/mol. The van der Waals surface area contributed by atoms with Gasteiger partial charge in [-0.15, -0.1) is 0 Å². The van der Waals surface area contributed by atoms with Gasteiger partial charge in [0.2, 0.25) is 0 Å². The molecule has 0 aliphatic heterocycles. The molecule has 3 rings (SSSR count). The van der Waals surface area contributed by atoms with E-state index in [9.17, 15) is 14.4 Å². The van der Waals surface area contributed by atoms with Gasteiger partial charge in [-0.3, -0.25) is 14.4 Å². The summed E-state index contributed by atoms with van der Waals surface area (Å²) in [4.78, 5) is 36.9. The largest absolute Gasteiger partial charge is 0.455 e. The number of Topliss-reactive ketones (excluding diaryl/α,β-unsaturated/α-hetero) is 1. The van der Waals surface area contributed by atoms with Gasteiger partial charge in [0.1, 0.15) is 5.78 Å². The number of ether oxygens (including phenoxy) is 1. The summed E-state index contributed by atoms with van der Waals surface area (Å²) >= 11 is 0. The van der Waals surface area contributed by atoms with Crippen molar-refractivity contribution in [1.29, 1.82) is 0 Å². The van der Waals surface area contributed by atoms with E-state index in [0.29, 0.717) is 18.6 Å². The topological polar surface area (TPSA) is 72.5 Å². The van der Waals surface area contributed by atoms with Gasteiger partial charge in [0.15, 0.2) is 6.61 Å². The number of fused-ring (bicyclic) bond motifs is 2. The summed E-state index contributed by atoms with van der Waals surface area (Å²) in [6.45, 7) is 5.81. The van der Waals surface area contributed by atoms with E-state index in [2.05, 4.69) is 19.2 Å². The minimum atomic E-state index is -0.344. The zero-order chi connectivity index (χ0) is 19.6. The Morgan fingerprint density at radius 1 is 1.19 bits per heavy atom. The Morgan fingerprint density at radius 2 is 1.85 bits per heavy atom. The lowest BCUT2D eigenvalue weighted by molar-refractivity contribution is -0.155. The monoisotopic (exact) mass is 371 g/mol. The van der Waals surface area contributed by atoms with E-state index in [1.54, 1.807) is 0 Å². The molecule has 0 saturated heterocycles. The van der Waals surface area contributed by atoms with E-state index in [0.717, 1.165) is 36.1 Å². The van der Waals surface area contributed by atoms with Crippen molar-refractivity contribution < 1.29 is 19.1 Å². The van der Waals surface area contributed by atoms with Gasteiger partial charge in [-0.1, -0.05) is 38.5 Å². The summed E-state index contributed by atoms with van der Waals surface area (Å²) in [7, 11) is 0. The number of anilines is 1. The van der Waals surface area contributed by atoms with Gasteiger partial charge in [-0.2, -0.15) is 0 Å². The maximum atomic E-state index is 12.4. The van der Waals surface area contributed by atoms with E-state index in [1.807, 2.05) is 25.1 Å². The molecule has 2 bridgehead atoms. The highest BCUT2D eigenvalue weighted by molar-refractivity contribution is 5.94. The minimum absolute atomic E-state index is 0.00412. The van der Waals surface area contributed by atoms with Crippen molar-refractivity contribution in [2.24, 2.45) is 17.8 Å². The van der Waals surface area contributed by atoms with E-state index in [1.165, 1.54) is 0 Å². The van der Waals surface area contributed by atoms with Gasteiger partial charge >= 0.3 is 5.97 Å². The highest BCUT2D eigenvalue weighted by atomic mass is 16.5. The summed E-state index contributed by atoms with van der Waals surface area (Å²) in [5, 5.41) is 2.90. The number of nitrogens with one attached hydrogen (secondary N) is 1. The molecule has 146 valence electrons. The minimum Gasteiger partial charge on any atom is -0.455 e. The number of ketones is 1. The summed E-state index contributed by atoms with van der Waals surface area (Å²) in [5.74, 6) is -0.315. The molecule has 2 saturated carbocycles. The van der Waals surface area contributed by atoms with Crippen molar-refractivity contribution in [3.63, 3.8) is 0 Å². The Labute approximate surface area is 160 Å². The third-order valence-corrected chi connectivity index (χ3v) is 5.92. The molecule has 0 aromatic heterocycles. The third-order valence-electron chi connectivity index (χ3n) is 5.92. The van der Waals surface area contributed by atoms with Crippen molar-refractivity contribution in [2.75, 3.05) is 11.9 Å². The molecule has 2 aliphatic carbocycles. The fourth-order valence-corrected chi connectivity index (χ4v) is 4.44. The van der Waals surface area contributed by atoms with Crippen molar-refractivity contribution in [2.45, 2.75) is 58.8 Å². The highest BCUT2D eigenvalue weighted by Gasteiger charge is 2.41. The number of hydrogen-bond acceptors (Lipinski definition) is 4. The fourth-order valence-electron chi connectivity index (χ4n) is 4.44. The molecule has 0 spiro atoms. The smallest absolute Gasteiger partial charge is 0.309 e. The number of rotatable bonds is 5. The van der Waals surface area contributed by atoms with Crippen molar-refractivity contribution in [1.82, 2.24) is 0 Å². The lowest BCUT2D eigenvalue weighted by Gasteiger charge is -2.36. The maximum Gasteiger partial charge on any atom is 0.309 e. The van der Waals surface area contributed by atoms with Crippen LogP contribution in [0.5, 0.6) is 0 Å². The van der Waals surface area contributed by atoms with Gasteiger partial charge in [-0.25, -0.2) is 0 Å². The Balaban J connectivity index is 1.56. The van der Waals surface area contributed by atoms with Crippen LogP contribution in [0.4, 0.5) is 5.69 Å². The molecule has 0 radical (unpaired) electrons. The zero-order valence-electron chi connectivity index (χ0n) is 16.4. The molecule has 5 nitrogen and oxygen atoms in total. The van der Waals surface area contributed by atoms with Gasteiger partial charge in [0, 0.05) is 17.5 Å². The molecule has 1 amide bonds. The van der Waals surface area contributed by atoms with Crippen LogP contribution in [0.25, 0.3) is 0 Å². The van der Waals surface area contributed by atoms with Gasteiger partial charge in [-0.05, 0) is 49.7 Å². The number of hydrogen-bond donors (Lipinski definition) is 1. The summed E-state index contributed by atoms with van der Waals surface area (Å²) in [6.07, 6.45) is 3.98. The Kier molecular flexibility index (Phi) is 5.98. The molecular weight excluding hydrogens is 342 g/mol. The predicted octanol–water partition coefficient (Wildman–Crippen LogP) is 4.00. The molecule has 1 N–H and O–H groups in total. The normalized spacial score (nSPS) is 24.6. The highest BCUT2D eigenvalue weighted by Crippen LogP contribution is 2.40. The van der Waals surface area contributed by atoms with Crippen LogP contribution in [-0.2, 0) is 19.1 Å². The summed E-state index contributed by atoms with van der Waals surface area (Å²) in [5.41, 5.74) is 2.85. The molecule has 0 heterocycles. The van der Waals surface area contributed by atoms with E-state index in [-0.39, 0.29) is 42.2 Å². The number of amides is 1.